The van der Waals surface area contributed by atoms with Crippen molar-refractivity contribution in [2.75, 3.05) is 7.11 Å². The number of aryl methyl sites for hydroxylation is 1. The van der Waals surface area contributed by atoms with Gasteiger partial charge in [0.2, 0.25) is 0 Å². The third kappa shape index (κ3) is 2.89. The molecule has 0 aliphatic carbocycles. The Bertz CT molecular complexity index is 510. The van der Waals surface area contributed by atoms with Crippen LogP contribution < -0.4 is 10.1 Å². The summed E-state index contributed by atoms with van der Waals surface area (Å²) in [6.45, 7) is 5.03. The number of thiazole rings is 1. The maximum atomic E-state index is 5.38. The SMILES string of the molecule is COc1ccccc1[C@H](C)NCc1scnc1C. The van der Waals surface area contributed by atoms with Crippen molar-refractivity contribution in [3.63, 3.8) is 0 Å². The predicted octanol–water partition coefficient (Wildman–Crippen LogP) is 3.31. The second kappa shape index (κ2) is 5.98. The highest BCUT2D eigenvalue weighted by atomic mass is 32.1. The Labute approximate surface area is 112 Å². The molecule has 18 heavy (non-hydrogen) atoms. The molecule has 3 nitrogen and oxygen atoms in total. The zero-order chi connectivity index (χ0) is 13.0. The molecule has 0 bridgehead atoms. The molecule has 2 rings (SSSR count). The minimum absolute atomic E-state index is 0.252. The van der Waals surface area contributed by atoms with E-state index in [-0.39, 0.29) is 6.04 Å². The number of aromatic nitrogens is 1. The van der Waals surface area contributed by atoms with E-state index in [9.17, 15) is 0 Å². The van der Waals surface area contributed by atoms with Crippen LogP contribution >= 0.6 is 11.3 Å². The summed E-state index contributed by atoms with van der Waals surface area (Å²) in [5.74, 6) is 0.929. The number of para-hydroxylation sites is 1. The summed E-state index contributed by atoms with van der Waals surface area (Å²) in [4.78, 5) is 5.54. The Kier molecular flexibility index (Phi) is 4.33. The summed E-state index contributed by atoms with van der Waals surface area (Å²) in [5, 5.41) is 3.51. The fourth-order valence-corrected chi connectivity index (χ4v) is 2.60. The average molecular weight is 262 g/mol. The van der Waals surface area contributed by atoms with Crippen LogP contribution in [0.15, 0.2) is 29.8 Å². The van der Waals surface area contributed by atoms with Crippen molar-refractivity contribution >= 4 is 11.3 Å². The lowest BCUT2D eigenvalue weighted by Crippen LogP contribution is -2.18. The maximum Gasteiger partial charge on any atom is 0.123 e. The number of methoxy groups -OCH3 is 1. The highest BCUT2D eigenvalue weighted by Crippen LogP contribution is 2.25. The van der Waals surface area contributed by atoms with Gasteiger partial charge >= 0.3 is 0 Å². The molecule has 0 radical (unpaired) electrons. The van der Waals surface area contributed by atoms with E-state index in [4.69, 9.17) is 4.74 Å². The van der Waals surface area contributed by atoms with E-state index in [0.29, 0.717) is 0 Å². The molecule has 0 aliphatic rings. The molecule has 0 unspecified atom stereocenters. The average Bonchev–Trinajstić information content (AvgIpc) is 2.81. The Morgan fingerprint density at radius 1 is 1.39 bits per heavy atom. The molecule has 96 valence electrons. The molecule has 2 aromatic rings. The van der Waals surface area contributed by atoms with Crippen LogP contribution in [-0.4, -0.2) is 12.1 Å². The van der Waals surface area contributed by atoms with Crippen LogP contribution in [0.25, 0.3) is 0 Å². The Morgan fingerprint density at radius 3 is 2.83 bits per heavy atom. The lowest BCUT2D eigenvalue weighted by atomic mass is 10.1. The van der Waals surface area contributed by atoms with E-state index in [1.807, 2.05) is 30.6 Å². The van der Waals surface area contributed by atoms with Crippen molar-refractivity contribution in [1.29, 1.82) is 0 Å². The standard InChI is InChI=1S/C14H18N2OS/c1-10(12-6-4-5-7-13(12)17-3)15-8-14-11(2)16-9-18-14/h4-7,9-10,15H,8H2,1-3H3/t10-/m0/s1. The van der Waals surface area contributed by atoms with Crippen LogP contribution in [0.3, 0.4) is 0 Å². The summed E-state index contributed by atoms with van der Waals surface area (Å²) in [6, 6.07) is 8.36. The van der Waals surface area contributed by atoms with Gasteiger partial charge in [0, 0.05) is 23.0 Å². The second-order valence-corrected chi connectivity index (χ2v) is 5.14. The molecule has 1 aromatic carbocycles. The molecule has 0 spiro atoms. The normalized spacial score (nSPS) is 12.4. The van der Waals surface area contributed by atoms with Crippen LogP contribution in [0.1, 0.15) is 29.1 Å². The fraction of sp³-hybridized carbons (Fsp3) is 0.357. The lowest BCUT2D eigenvalue weighted by Gasteiger charge is -2.16. The summed E-state index contributed by atoms with van der Waals surface area (Å²) < 4.78 is 5.38. The van der Waals surface area contributed by atoms with Crippen LogP contribution in [0.2, 0.25) is 0 Å². The fourth-order valence-electron chi connectivity index (χ4n) is 1.88. The highest BCUT2D eigenvalue weighted by molar-refractivity contribution is 7.09. The molecule has 1 aromatic heterocycles. The van der Waals surface area contributed by atoms with Gasteiger partial charge in [0.25, 0.3) is 0 Å². The van der Waals surface area contributed by atoms with Gasteiger partial charge in [-0.05, 0) is 19.9 Å². The van der Waals surface area contributed by atoms with Crippen molar-refractivity contribution < 1.29 is 4.74 Å². The number of rotatable bonds is 5. The van der Waals surface area contributed by atoms with Gasteiger partial charge < -0.3 is 10.1 Å². The van der Waals surface area contributed by atoms with E-state index < -0.39 is 0 Å². The lowest BCUT2D eigenvalue weighted by molar-refractivity contribution is 0.401. The number of benzene rings is 1. The molecular formula is C14H18N2OS. The number of nitrogens with one attached hydrogen (secondary N) is 1. The van der Waals surface area contributed by atoms with Gasteiger partial charge in [-0.1, -0.05) is 18.2 Å². The first-order chi connectivity index (χ1) is 8.72. The first-order valence-electron chi connectivity index (χ1n) is 5.97. The third-order valence-electron chi connectivity index (χ3n) is 3.02. The Morgan fingerprint density at radius 2 is 2.17 bits per heavy atom. The predicted molar refractivity (Wildman–Crippen MR) is 75.1 cm³/mol. The van der Waals surface area contributed by atoms with Crippen LogP contribution in [-0.2, 0) is 6.54 Å². The third-order valence-corrected chi connectivity index (χ3v) is 3.95. The van der Waals surface area contributed by atoms with E-state index in [0.717, 1.165) is 18.0 Å². The molecule has 0 amide bonds. The minimum atomic E-state index is 0.252. The van der Waals surface area contributed by atoms with Gasteiger partial charge in [-0.2, -0.15) is 0 Å². The molecule has 1 N–H and O–H groups in total. The van der Waals surface area contributed by atoms with Crippen LogP contribution in [0.4, 0.5) is 0 Å². The topological polar surface area (TPSA) is 34.1 Å². The Hall–Kier alpha value is -1.39. The molecule has 0 aliphatic heterocycles. The molecular weight excluding hydrogens is 244 g/mol. The van der Waals surface area contributed by atoms with Crippen molar-refractivity contribution in [2.45, 2.75) is 26.4 Å². The van der Waals surface area contributed by atoms with Crippen molar-refractivity contribution in [2.24, 2.45) is 0 Å². The maximum absolute atomic E-state index is 5.38. The van der Waals surface area contributed by atoms with E-state index in [1.54, 1.807) is 18.4 Å². The summed E-state index contributed by atoms with van der Waals surface area (Å²) in [6.07, 6.45) is 0. The summed E-state index contributed by atoms with van der Waals surface area (Å²) >= 11 is 1.69. The molecule has 0 saturated carbocycles. The van der Waals surface area contributed by atoms with Crippen molar-refractivity contribution in [1.82, 2.24) is 10.3 Å². The largest absolute Gasteiger partial charge is 0.496 e. The Balaban J connectivity index is 2.03. The van der Waals surface area contributed by atoms with Crippen molar-refractivity contribution in [3.8, 4) is 5.75 Å². The zero-order valence-corrected chi connectivity index (χ0v) is 11.8. The smallest absolute Gasteiger partial charge is 0.123 e. The molecule has 1 atom stereocenters. The zero-order valence-electron chi connectivity index (χ0n) is 10.9. The highest BCUT2D eigenvalue weighted by Gasteiger charge is 2.11. The monoisotopic (exact) mass is 262 g/mol. The molecule has 1 heterocycles. The molecule has 4 heteroatoms. The van der Waals surface area contributed by atoms with E-state index in [1.165, 1.54) is 10.4 Å². The van der Waals surface area contributed by atoms with Gasteiger partial charge in [-0.25, -0.2) is 4.98 Å². The second-order valence-electron chi connectivity index (χ2n) is 4.21. The number of hydrogen-bond acceptors (Lipinski definition) is 4. The van der Waals surface area contributed by atoms with Gasteiger partial charge in [0.15, 0.2) is 0 Å². The number of ether oxygens (including phenoxy) is 1. The number of hydrogen-bond donors (Lipinski definition) is 1. The quantitative estimate of drug-likeness (QED) is 0.897. The first kappa shape index (κ1) is 13.1. The van der Waals surface area contributed by atoms with Gasteiger partial charge in [0.05, 0.1) is 18.3 Å². The van der Waals surface area contributed by atoms with Gasteiger partial charge in [-0.15, -0.1) is 11.3 Å². The first-order valence-corrected chi connectivity index (χ1v) is 6.85. The van der Waals surface area contributed by atoms with Crippen LogP contribution in [0, 0.1) is 6.92 Å². The number of nitrogens with zero attached hydrogens (tertiary/aromatic N) is 1. The van der Waals surface area contributed by atoms with Crippen molar-refractivity contribution in [3.05, 3.63) is 45.9 Å². The summed E-state index contributed by atoms with van der Waals surface area (Å²) in [5.41, 5.74) is 4.18. The van der Waals surface area contributed by atoms with E-state index in [2.05, 4.69) is 23.3 Å². The van der Waals surface area contributed by atoms with Crippen LogP contribution in [0.5, 0.6) is 5.75 Å². The van der Waals surface area contributed by atoms with Gasteiger partial charge in [-0.3, -0.25) is 0 Å². The summed E-state index contributed by atoms with van der Waals surface area (Å²) in [7, 11) is 1.71. The minimum Gasteiger partial charge on any atom is -0.496 e. The molecule has 0 saturated heterocycles. The molecule has 0 fully saturated rings. The van der Waals surface area contributed by atoms with E-state index >= 15 is 0 Å². The van der Waals surface area contributed by atoms with Gasteiger partial charge in [0.1, 0.15) is 5.75 Å².